The maximum absolute atomic E-state index is 11.0. The second-order valence-electron chi connectivity index (χ2n) is 2.90. The lowest BCUT2D eigenvalue weighted by Gasteiger charge is -2.06. The third kappa shape index (κ3) is 10.4. The number of hydrogen-bond donors (Lipinski definition) is 0. The normalized spacial score (nSPS) is 8.67. The molecule has 0 aromatic heterocycles. The molecule has 0 aromatic carbocycles. The summed E-state index contributed by atoms with van der Waals surface area (Å²) in [5.74, 6) is 1.27. The molecular weight excluding hydrogens is 196 g/mol. The van der Waals surface area contributed by atoms with Crippen molar-refractivity contribution < 1.29 is 19.1 Å². The van der Waals surface area contributed by atoms with Crippen molar-refractivity contribution >= 4 is 11.9 Å². The van der Waals surface area contributed by atoms with Crippen molar-refractivity contribution in [3.8, 4) is 12.3 Å². The van der Waals surface area contributed by atoms with Crippen LogP contribution in [0.3, 0.4) is 0 Å². The molecule has 0 amide bonds. The number of terminal acetylenes is 1. The zero-order chi connectivity index (χ0) is 11.0. The van der Waals surface area contributed by atoms with Crippen molar-refractivity contribution in [2.24, 2.45) is 0 Å². The lowest BCUT2D eigenvalue weighted by atomic mass is 10.3. The highest BCUT2D eigenvalue weighted by molar-refractivity contribution is 5.77. The molecule has 0 rings (SSSR count). The van der Waals surface area contributed by atoms with Gasteiger partial charge in [0.15, 0.2) is 6.61 Å². The maximum Gasteiger partial charge on any atom is 0.307 e. The fourth-order valence-electron chi connectivity index (χ4n) is 0.720. The number of rotatable bonds is 5. The predicted molar refractivity (Wildman–Crippen MR) is 57.0 cm³/mol. The summed E-state index contributed by atoms with van der Waals surface area (Å²) in [5, 5.41) is 0. The Hall–Kier alpha value is -1.50. The number of esters is 2. The lowest BCUT2D eigenvalue weighted by molar-refractivity contribution is -0.152. The van der Waals surface area contributed by atoms with Gasteiger partial charge in [-0.25, -0.2) is 0 Å². The molecule has 0 bridgehead atoms. The van der Waals surface area contributed by atoms with E-state index in [4.69, 9.17) is 11.2 Å². The molecule has 0 unspecified atom stereocenters. The van der Waals surface area contributed by atoms with Gasteiger partial charge in [0.1, 0.15) is 0 Å². The second-order valence-corrected chi connectivity index (χ2v) is 2.90. The first-order valence-electron chi connectivity index (χ1n) is 4.34. The Labute approximate surface area is 90.9 Å². The van der Waals surface area contributed by atoms with Gasteiger partial charge >= 0.3 is 11.9 Å². The smallest absolute Gasteiger partial charge is 0.307 e. The van der Waals surface area contributed by atoms with Crippen molar-refractivity contribution in [3.63, 3.8) is 0 Å². The van der Waals surface area contributed by atoms with Crippen LogP contribution in [0.5, 0.6) is 0 Å². The van der Waals surface area contributed by atoms with Gasteiger partial charge in [-0.3, -0.25) is 9.59 Å². The van der Waals surface area contributed by atoms with Crippen LogP contribution < -0.4 is 0 Å². The molecule has 0 spiro atoms. The number of ether oxygens (including phenoxy) is 2. The van der Waals surface area contributed by atoms with Crippen LogP contribution in [0.1, 0.15) is 34.1 Å². The van der Waals surface area contributed by atoms with Crippen molar-refractivity contribution in [2.75, 3.05) is 6.61 Å². The van der Waals surface area contributed by atoms with Crippen molar-refractivity contribution in [2.45, 2.75) is 40.2 Å². The fourth-order valence-corrected chi connectivity index (χ4v) is 0.720. The molecule has 0 heterocycles. The molecule has 0 radical (unpaired) electrons. The topological polar surface area (TPSA) is 52.6 Å². The highest BCUT2D eigenvalue weighted by atomic mass is 16.5. The van der Waals surface area contributed by atoms with Crippen LogP contribution in [-0.2, 0) is 19.1 Å². The molecule has 0 fully saturated rings. The molecule has 0 aliphatic rings. The minimum atomic E-state index is -0.483. The molecule has 0 aliphatic heterocycles. The summed E-state index contributed by atoms with van der Waals surface area (Å²) in [7, 11) is 0. The van der Waals surface area contributed by atoms with Crippen molar-refractivity contribution in [1.29, 1.82) is 0 Å². The van der Waals surface area contributed by atoms with E-state index in [9.17, 15) is 9.59 Å². The molecule has 0 atom stereocenters. The van der Waals surface area contributed by atoms with E-state index in [2.05, 4.69) is 10.7 Å². The maximum atomic E-state index is 11.0. The monoisotopic (exact) mass is 214 g/mol. The Morgan fingerprint density at radius 2 is 1.80 bits per heavy atom. The third-order valence-corrected chi connectivity index (χ3v) is 1.22. The van der Waals surface area contributed by atoms with E-state index >= 15 is 0 Å². The van der Waals surface area contributed by atoms with Gasteiger partial charge in [0, 0.05) is 0 Å². The van der Waals surface area contributed by atoms with Crippen LogP contribution in [0.15, 0.2) is 0 Å². The van der Waals surface area contributed by atoms with Gasteiger partial charge in [0.05, 0.1) is 18.9 Å². The van der Waals surface area contributed by atoms with E-state index in [1.165, 1.54) is 0 Å². The molecule has 0 saturated heterocycles. The predicted octanol–water partition coefficient (Wildman–Crippen LogP) is 1.53. The van der Waals surface area contributed by atoms with Crippen LogP contribution in [0.25, 0.3) is 0 Å². The molecule has 0 saturated carbocycles. The Balaban J connectivity index is 0. The molecule has 86 valence electrons. The van der Waals surface area contributed by atoms with Crippen molar-refractivity contribution in [1.82, 2.24) is 0 Å². The minimum Gasteiger partial charge on any atom is -0.463 e. The summed E-state index contributed by atoms with van der Waals surface area (Å²) >= 11 is 0. The Bertz CT molecular complexity index is 237. The molecule has 15 heavy (non-hydrogen) atoms. The molecule has 4 nitrogen and oxygen atoms in total. The Morgan fingerprint density at radius 3 is 2.27 bits per heavy atom. The third-order valence-electron chi connectivity index (χ3n) is 1.22. The largest absolute Gasteiger partial charge is 0.463 e. The van der Waals surface area contributed by atoms with Gasteiger partial charge in [-0.05, 0) is 13.8 Å². The van der Waals surface area contributed by atoms with E-state index in [0.29, 0.717) is 0 Å². The summed E-state index contributed by atoms with van der Waals surface area (Å²) in [5.41, 5.74) is 0. The van der Waals surface area contributed by atoms with Crippen molar-refractivity contribution in [3.05, 3.63) is 0 Å². The summed E-state index contributed by atoms with van der Waals surface area (Å²) in [6.07, 6.45) is 4.75. The number of carbonyl (C=O) groups excluding carboxylic acids is 2. The zero-order valence-corrected chi connectivity index (χ0v) is 8.41. The quantitative estimate of drug-likeness (QED) is 0.514. The van der Waals surface area contributed by atoms with E-state index in [1.807, 2.05) is 0 Å². The highest BCUT2D eigenvalue weighted by Gasteiger charge is 2.09. The SMILES string of the molecule is C.C#CCOC(=O)CCC(=O)OC(C)C. The summed E-state index contributed by atoms with van der Waals surface area (Å²) in [4.78, 5) is 21.8. The van der Waals surface area contributed by atoms with E-state index in [0.717, 1.165) is 0 Å². The molecule has 0 aromatic rings. The number of hydrogen-bond acceptors (Lipinski definition) is 4. The second kappa shape index (κ2) is 9.07. The molecule has 0 N–H and O–H groups in total. The van der Waals surface area contributed by atoms with E-state index in [-0.39, 0.29) is 33.0 Å². The summed E-state index contributed by atoms with van der Waals surface area (Å²) in [6, 6.07) is 0. The first-order chi connectivity index (χ1) is 6.56. The Kier molecular flexibility index (Phi) is 9.65. The van der Waals surface area contributed by atoms with E-state index in [1.54, 1.807) is 13.8 Å². The molecule has 0 aliphatic carbocycles. The zero-order valence-electron chi connectivity index (χ0n) is 8.41. The summed E-state index contributed by atoms with van der Waals surface area (Å²) < 4.78 is 9.38. The average Bonchev–Trinajstić information content (AvgIpc) is 2.10. The van der Waals surface area contributed by atoms with Crippen LogP contribution in [0.2, 0.25) is 0 Å². The van der Waals surface area contributed by atoms with Gasteiger partial charge in [-0.2, -0.15) is 0 Å². The summed E-state index contributed by atoms with van der Waals surface area (Å²) in [6.45, 7) is 3.43. The van der Waals surface area contributed by atoms with Gasteiger partial charge in [-0.15, -0.1) is 6.42 Å². The van der Waals surface area contributed by atoms with Crippen LogP contribution in [0.4, 0.5) is 0 Å². The Morgan fingerprint density at radius 1 is 1.27 bits per heavy atom. The molecule has 4 heteroatoms. The average molecular weight is 214 g/mol. The fraction of sp³-hybridized carbons (Fsp3) is 0.636. The van der Waals surface area contributed by atoms with Gasteiger partial charge < -0.3 is 9.47 Å². The number of carbonyl (C=O) groups is 2. The lowest BCUT2D eigenvalue weighted by Crippen LogP contribution is -2.14. The van der Waals surface area contributed by atoms with Gasteiger partial charge in [0.2, 0.25) is 0 Å². The standard InChI is InChI=1S/C10H14O4.CH4/c1-4-7-13-9(11)5-6-10(12)14-8(2)3;/h1,8H,5-7H2,2-3H3;1H4. The van der Waals surface area contributed by atoms with Gasteiger partial charge in [-0.1, -0.05) is 13.3 Å². The first-order valence-corrected chi connectivity index (χ1v) is 4.34. The van der Waals surface area contributed by atoms with Crippen LogP contribution in [0, 0.1) is 12.3 Å². The first kappa shape index (κ1) is 15.9. The van der Waals surface area contributed by atoms with Gasteiger partial charge in [0.25, 0.3) is 0 Å². The highest BCUT2D eigenvalue weighted by Crippen LogP contribution is 1.98. The molecular formula is C11H18O4. The van der Waals surface area contributed by atoms with Crippen LogP contribution in [-0.4, -0.2) is 24.6 Å². The van der Waals surface area contributed by atoms with E-state index < -0.39 is 11.9 Å². The minimum absolute atomic E-state index is 0. The van der Waals surface area contributed by atoms with Crippen LogP contribution >= 0.6 is 0 Å².